The molecule has 0 bridgehead atoms. The van der Waals surface area contributed by atoms with Crippen molar-refractivity contribution in [2.45, 2.75) is 11.2 Å². The van der Waals surface area contributed by atoms with Crippen LogP contribution in [0.15, 0.2) is 46.9 Å². The summed E-state index contributed by atoms with van der Waals surface area (Å²) in [6.45, 7) is 0. The molecular weight excluding hydrogens is 326 g/mol. The number of fused-ring (bicyclic) bond motifs is 3. The van der Waals surface area contributed by atoms with Gasteiger partial charge in [0.15, 0.2) is 0 Å². The summed E-state index contributed by atoms with van der Waals surface area (Å²) in [4.78, 5) is 21.7. The van der Waals surface area contributed by atoms with Gasteiger partial charge in [-0.3, -0.25) is 4.79 Å². The number of aliphatic carboxylic acids is 1. The van der Waals surface area contributed by atoms with Crippen molar-refractivity contribution in [3.8, 4) is 0 Å². The summed E-state index contributed by atoms with van der Waals surface area (Å²) in [5, 5.41) is 7.97. The Hall–Kier alpha value is -2.41. The van der Waals surface area contributed by atoms with E-state index >= 15 is 0 Å². The van der Waals surface area contributed by atoms with Crippen LogP contribution in [0.2, 0.25) is 0 Å². The largest absolute Gasteiger partial charge is 0.475 e. The van der Waals surface area contributed by atoms with Gasteiger partial charge in [0.2, 0.25) is 0 Å². The summed E-state index contributed by atoms with van der Waals surface area (Å²) in [7, 11) is 0. The first kappa shape index (κ1) is 15.5. The number of furan rings is 1. The quantitative estimate of drug-likeness (QED) is 0.561. The lowest BCUT2D eigenvalue weighted by Gasteiger charge is -2.20. The molecule has 1 unspecified atom stereocenters. The van der Waals surface area contributed by atoms with Gasteiger partial charge in [0.25, 0.3) is 0 Å². The lowest BCUT2D eigenvalue weighted by atomic mass is 10.0. The predicted octanol–water partition coefficient (Wildman–Crippen LogP) is 3.85. The average Bonchev–Trinajstić information content (AvgIpc) is 2.90. The molecule has 0 saturated carbocycles. The predicted molar refractivity (Wildman–Crippen MR) is 83.0 cm³/mol. The zero-order chi connectivity index (χ0) is 16.8. The number of alkyl halides is 2. The molecule has 0 saturated heterocycles. The van der Waals surface area contributed by atoms with Crippen molar-refractivity contribution >= 4 is 46.3 Å². The van der Waals surface area contributed by atoms with Crippen molar-refractivity contribution in [2.75, 3.05) is 0 Å². The minimum atomic E-state index is -4.12. The van der Waals surface area contributed by atoms with E-state index in [-0.39, 0.29) is 5.56 Å². The van der Waals surface area contributed by atoms with E-state index < -0.39 is 22.9 Å². The van der Waals surface area contributed by atoms with Crippen molar-refractivity contribution in [2.24, 2.45) is 0 Å². The number of halogens is 2. The maximum absolute atomic E-state index is 14.0. The summed E-state index contributed by atoms with van der Waals surface area (Å²) >= 11 is 3.77. The van der Waals surface area contributed by atoms with Crippen LogP contribution >= 0.6 is 12.6 Å². The second-order valence-corrected chi connectivity index (χ2v) is 5.53. The van der Waals surface area contributed by atoms with Crippen LogP contribution in [0.4, 0.5) is 8.78 Å². The number of carbonyl (C=O) groups is 2. The van der Waals surface area contributed by atoms with Crippen LogP contribution < -0.4 is 0 Å². The van der Waals surface area contributed by atoms with Gasteiger partial charge in [-0.05, 0) is 23.8 Å². The molecule has 0 spiro atoms. The van der Waals surface area contributed by atoms with E-state index in [0.29, 0.717) is 16.6 Å². The smallest absolute Gasteiger partial charge is 0.378 e. The minimum absolute atomic E-state index is 0.0342. The third kappa shape index (κ3) is 2.46. The second-order valence-electron chi connectivity index (χ2n) is 5.01. The standard InChI is InChI=1S/C16H10F2O4S/c17-16(18,13(19)15(20)21)14(23)8-5-6-12-10(7-8)9-3-1-2-4-11(9)22-12/h1-7,14,23H,(H,20,21). The molecule has 23 heavy (non-hydrogen) atoms. The van der Waals surface area contributed by atoms with Gasteiger partial charge >= 0.3 is 17.7 Å². The Morgan fingerprint density at radius 2 is 1.74 bits per heavy atom. The average molecular weight is 336 g/mol. The second kappa shape index (κ2) is 5.34. The van der Waals surface area contributed by atoms with Crippen LogP contribution in [0.3, 0.4) is 0 Å². The first-order valence-electron chi connectivity index (χ1n) is 6.57. The highest BCUT2D eigenvalue weighted by atomic mass is 32.1. The Morgan fingerprint density at radius 1 is 1.09 bits per heavy atom. The number of hydrogen-bond donors (Lipinski definition) is 2. The Balaban J connectivity index is 2.11. The van der Waals surface area contributed by atoms with Gasteiger partial charge in [-0.1, -0.05) is 24.3 Å². The lowest BCUT2D eigenvalue weighted by Crippen LogP contribution is -2.38. The van der Waals surface area contributed by atoms with Crippen molar-refractivity contribution in [3.05, 3.63) is 48.0 Å². The Kier molecular flexibility index (Phi) is 3.60. The van der Waals surface area contributed by atoms with E-state index in [1.165, 1.54) is 18.2 Å². The summed E-state index contributed by atoms with van der Waals surface area (Å²) in [6, 6.07) is 11.4. The molecular formula is C16H10F2O4S. The van der Waals surface area contributed by atoms with Gasteiger partial charge in [0.05, 0.1) is 5.25 Å². The molecule has 1 heterocycles. The van der Waals surface area contributed by atoms with Gasteiger partial charge in [-0.2, -0.15) is 21.4 Å². The molecule has 1 aromatic heterocycles. The van der Waals surface area contributed by atoms with Crippen LogP contribution in [0.1, 0.15) is 10.8 Å². The van der Waals surface area contributed by atoms with Crippen LogP contribution in [-0.2, 0) is 9.59 Å². The molecule has 0 aliphatic heterocycles. The van der Waals surface area contributed by atoms with E-state index in [9.17, 15) is 18.4 Å². The van der Waals surface area contributed by atoms with Crippen LogP contribution in [0.5, 0.6) is 0 Å². The van der Waals surface area contributed by atoms with E-state index in [2.05, 4.69) is 12.6 Å². The number of hydrogen-bond acceptors (Lipinski definition) is 4. The molecule has 3 aromatic rings. The number of carbonyl (C=O) groups excluding carboxylic acids is 1. The molecule has 3 rings (SSSR count). The fraction of sp³-hybridized carbons (Fsp3) is 0.125. The number of para-hydroxylation sites is 1. The number of carboxylic acids is 1. The number of carboxylic acid groups (broad SMARTS) is 1. The molecule has 0 radical (unpaired) electrons. The highest BCUT2D eigenvalue weighted by Crippen LogP contribution is 2.39. The van der Waals surface area contributed by atoms with Crippen LogP contribution in [0.25, 0.3) is 21.9 Å². The maximum atomic E-state index is 14.0. The fourth-order valence-electron chi connectivity index (χ4n) is 2.39. The van der Waals surface area contributed by atoms with E-state index in [1.54, 1.807) is 24.3 Å². The number of rotatable bonds is 4. The maximum Gasteiger partial charge on any atom is 0.378 e. The summed E-state index contributed by atoms with van der Waals surface area (Å²) in [5.74, 6) is -8.50. The van der Waals surface area contributed by atoms with Crippen molar-refractivity contribution in [3.63, 3.8) is 0 Å². The monoisotopic (exact) mass is 336 g/mol. The molecule has 0 amide bonds. The SMILES string of the molecule is O=C(O)C(=O)C(F)(F)C(S)c1ccc2oc3ccccc3c2c1. The molecule has 0 aliphatic carbocycles. The van der Waals surface area contributed by atoms with Gasteiger partial charge in [-0.15, -0.1) is 0 Å². The summed E-state index contributed by atoms with van der Waals surface area (Å²) in [6.07, 6.45) is 0. The molecule has 0 fully saturated rings. The first-order valence-corrected chi connectivity index (χ1v) is 7.09. The first-order chi connectivity index (χ1) is 10.8. The zero-order valence-electron chi connectivity index (χ0n) is 11.5. The Bertz CT molecular complexity index is 932. The van der Waals surface area contributed by atoms with Gasteiger partial charge in [0.1, 0.15) is 11.2 Å². The van der Waals surface area contributed by atoms with Crippen molar-refractivity contribution in [1.82, 2.24) is 0 Å². The van der Waals surface area contributed by atoms with E-state index in [0.717, 1.165) is 5.39 Å². The molecule has 7 heteroatoms. The number of ketones is 1. The molecule has 2 aromatic carbocycles. The van der Waals surface area contributed by atoms with Gasteiger partial charge < -0.3 is 9.52 Å². The molecule has 4 nitrogen and oxygen atoms in total. The van der Waals surface area contributed by atoms with Gasteiger partial charge in [0, 0.05) is 10.8 Å². The molecule has 1 atom stereocenters. The fourth-order valence-corrected chi connectivity index (χ4v) is 2.67. The van der Waals surface area contributed by atoms with Crippen molar-refractivity contribution < 1.29 is 27.9 Å². The van der Waals surface area contributed by atoms with Crippen LogP contribution in [0, 0.1) is 0 Å². The van der Waals surface area contributed by atoms with Crippen molar-refractivity contribution in [1.29, 1.82) is 0 Å². The number of thiol groups is 1. The molecule has 118 valence electrons. The number of Topliss-reactive ketones (excluding diaryl/α,β-unsaturated/α-hetero) is 1. The molecule has 1 N–H and O–H groups in total. The lowest BCUT2D eigenvalue weighted by molar-refractivity contribution is -0.162. The number of benzene rings is 2. The Morgan fingerprint density at radius 3 is 2.43 bits per heavy atom. The van der Waals surface area contributed by atoms with Gasteiger partial charge in [-0.25, -0.2) is 4.79 Å². The molecule has 0 aliphatic rings. The van der Waals surface area contributed by atoms with Crippen LogP contribution in [-0.4, -0.2) is 22.8 Å². The van der Waals surface area contributed by atoms with E-state index in [4.69, 9.17) is 9.52 Å². The summed E-state index contributed by atoms with van der Waals surface area (Å²) in [5.41, 5.74) is 1.14. The topological polar surface area (TPSA) is 67.5 Å². The summed E-state index contributed by atoms with van der Waals surface area (Å²) < 4.78 is 33.5. The highest BCUT2D eigenvalue weighted by Gasteiger charge is 2.49. The minimum Gasteiger partial charge on any atom is -0.475 e. The van der Waals surface area contributed by atoms with E-state index in [1.807, 2.05) is 0 Å². The third-order valence-electron chi connectivity index (χ3n) is 3.56. The normalized spacial score (nSPS) is 13.3. The third-order valence-corrected chi connectivity index (χ3v) is 4.18. The Labute approximate surface area is 134 Å². The highest BCUT2D eigenvalue weighted by molar-refractivity contribution is 7.80. The zero-order valence-corrected chi connectivity index (χ0v) is 12.4.